The summed E-state index contributed by atoms with van der Waals surface area (Å²) in [5, 5.41) is 5.55. The summed E-state index contributed by atoms with van der Waals surface area (Å²) in [5.74, 6) is 0.368. The number of carbonyl (C=O) groups is 1. The predicted molar refractivity (Wildman–Crippen MR) is 82.8 cm³/mol. The van der Waals surface area contributed by atoms with E-state index >= 15 is 0 Å². The van der Waals surface area contributed by atoms with Gasteiger partial charge in [0.15, 0.2) is 11.7 Å². The second-order valence-electron chi connectivity index (χ2n) is 3.42. The van der Waals surface area contributed by atoms with E-state index in [2.05, 4.69) is 15.6 Å². The fraction of sp³-hybridized carbons (Fsp3) is 0.455. The van der Waals surface area contributed by atoms with E-state index in [1.165, 1.54) is 6.26 Å². The highest BCUT2D eigenvalue weighted by Crippen LogP contribution is 1.98. The Labute approximate surface area is 129 Å². The lowest BCUT2D eigenvalue weighted by atomic mass is 10.4. The van der Waals surface area contributed by atoms with Crippen molar-refractivity contribution < 1.29 is 13.9 Å². The van der Waals surface area contributed by atoms with E-state index in [-0.39, 0.29) is 35.6 Å². The Morgan fingerprint density at radius 1 is 1.47 bits per heavy atom. The zero-order chi connectivity index (χ0) is 13.2. The van der Waals surface area contributed by atoms with Gasteiger partial charge in [-0.25, -0.2) is 0 Å². The van der Waals surface area contributed by atoms with Gasteiger partial charge >= 0.3 is 0 Å². The number of nitrogens with two attached hydrogens (primary N) is 1. The van der Waals surface area contributed by atoms with Gasteiger partial charge in [0.05, 0.1) is 19.4 Å². The van der Waals surface area contributed by atoms with E-state index < -0.39 is 0 Å². The highest BCUT2D eigenvalue weighted by atomic mass is 127. The Morgan fingerprint density at radius 2 is 2.21 bits per heavy atom. The third-order valence-corrected chi connectivity index (χ3v) is 2.04. The predicted octanol–water partition coefficient (Wildman–Crippen LogP) is 0.178. The quantitative estimate of drug-likeness (QED) is 0.270. The van der Waals surface area contributed by atoms with Gasteiger partial charge < -0.3 is 25.5 Å². The minimum atomic E-state index is -0.253. The first-order valence-corrected chi connectivity index (χ1v) is 5.58. The third-order valence-electron chi connectivity index (χ3n) is 2.04. The number of nitrogens with one attached hydrogen (secondary N) is 2. The van der Waals surface area contributed by atoms with Gasteiger partial charge in [-0.1, -0.05) is 0 Å². The molecule has 0 fully saturated rings. The lowest BCUT2D eigenvalue weighted by Gasteiger charge is -2.06. The van der Waals surface area contributed by atoms with Crippen LogP contribution in [0, 0.1) is 0 Å². The molecule has 7 nitrogen and oxygen atoms in total. The number of guanidine groups is 1. The molecule has 0 saturated carbocycles. The van der Waals surface area contributed by atoms with Crippen LogP contribution in [-0.4, -0.2) is 45.2 Å². The van der Waals surface area contributed by atoms with Gasteiger partial charge in [-0.3, -0.25) is 9.79 Å². The molecule has 0 atom stereocenters. The molecule has 0 aliphatic carbocycles. The summed E-state index contributed by atoms with van der Waals surface area (Å²) in [5.41, 5.74) is 5.58. The first kappa shape index (κ1) is 17.7. The molecule has 19 heavy (non-hydrogen) atoms. The van der Waals surface area contributed by atoms with Gasteiger partial charge in [-0.2, -0.15) is 0 Å². The van der Waals surface area contributed by atoms with Crippen LogP contribution < -0.4 is 16.4 Å². The van der Waals surface area contributed by atoms with Gasteiger partial charge in [0, 0.05) is 20.2 Å². The van der Waals surface area contributed by atoms with E-state index in [0.29, 0.717) is 32.2 Å². The monoisotopic (exact) mass is 382 g/mol. The van der Waals surface area contributed by atoms with E-state index in [9.17, 15) is 4.79 Å². The second-order valence-corrected chi connectivity index (χ2v) is 3.42. The summed E-state index contributed by atoms with van der Waals surface area (Å²) in [7, 11) is 1.60. The van der Waals surface area contributed by atoms with Gasteiger partial charge in [-0.05, 0) is 12.1 Å². The van der Waals surface area contributed by atoms with Crippen LogP contribution in [0.2, 0.25) is 0 Å². The number of hydrogen-bond donors (Lipinski definition) is 3. The average molecular weight is 382 g/mol. The average Bonchev–Trinajstić information content (AvgIpc) is 2.88. The molecule has 108 valence electrons. The summed E-state index contributed by atoms with van der Waals surface area (Å²) in [4.78, 5) is 15.5. The normalized spacial score (nSPS) is 10.7. The van der Waals surface area contributed by atoms with Gasteiger partial charge in [-0.15, -0.1) is 24.0 Å². The molecule has 0 unspecified atom stereocenters. The van der Waals surface area contributed by atoms with E-state index in [4.69, 9.17) is 14.9 Å². The smallest absolute Gasteiger partial charge is 0.287 e. The highest BCUT2D eigenvalue weighted by molar-refractivity contribution is 14.0. The van der Waals surface area contributed by atoms with Crippen LogP contribution in [0.15, 0.2) is 27.8 Å². The maximum atomic E-state index is 11.5. The summed E-state index contributed by atoms with van der Waals surface area (Å²) >= 11 is 0. The Hall–Kier alpha value is -1.29. The van der Waals surface area contributed by atoms with Crippen LogP contribution in [0.3, 0.4) is 0 Å². The Kier molecular flexibility index (Phi) is 9.90. The van der Waals surface area contributed by atoms with Crippen molar-refractivity contribution in [2.75, 3.05) is 33.4 Å². The first-order valence-electron chi connectivity index (χ1n) is 5.58. The van der Waals surface area contributed by atoms with E-state index in [1.54, 1.807) is 19.2 Å². The number of rotatable bonds is 7. The van der Waals surface area contributed by atoms with Crippen molar-refractivity contribution in [2.45, 2.75) is 0 Å². The molecular formula is C11H19IN4O3. The summed E-state index contributed by atoms with van der Waals surface area (Å²) in [6.45, 7) is 1.96. The molecule has 4 N–H and O–H groups in total. The van der Waals surface area contributed by atoms with Crippen LogP contribution in [-0.2, 0) is 4.74 Å². The van der Waals surface area contributed by atoms with Crippen molar-refractivity contribution in [1.82, 2.24) is 10.6 Å². The van der Waals surface area contributed by atoms with Crippen LogP contribution in [0.1, 0.15) is 10.6 Å². The molecule has 0 aliphatic rings. The Bertz CT molecular complexity index is 381. The van der Waals surface area contributed by atoms with Gasteiger partial charge in [0.25, 0.3) is 5.91 Å². The molecule has 0 bridgehead atoms. The number of nitrogens with zero attached hydrogens (tertiary/aromatic N) is 1. The molecule has 1 amide bonds. The topological polar surface area (TPSA) is 102 Å². The minimum absolute atomic E-state index is 0. The number of furan rings is 1. The number of carbonyl (C=O) groups excluding carboxylic acids is 1. The molecule has 8 heteroatoms. The molecule has 1 aromatic rings. The summed E-state index contributed by atoms with van der Waals surface area (Å²) in [6.07, 6.45) is 1.45. The fourth-order valence-electron chi connectivity index (χ4n) is 1.17. The lowest BCUT2D eigenvalue weighted by molar-refractivity contribution is 0.0926. The molecule has 1 aromatic heterocycles. The number of ether oxygens (including phenoxy) is 1. The van der Waals surface area contributed by atoms with Gasteiger partial charge in [0.1, 0.15) is 0 Å². The molecular weight excluding hydrogens is 363 g/mol. The minimum Gasteiger partial charge on any atom is -0.459 e. The molecule has 0 aliphatic heterocycles. The van der Waals surface area contributed by atoms with E-state index in [0.717, 1.165) is 0 Å². The van der Waals surface area contributed by atoms with Gasteiger partial charge in [0.2, 0.25) is 0 Å². The standard InChI is InChI=1S/C11H18N4O3.HI/c1-17-8-6-15-11(12)14-5-4-13-10(16)9-3-2-7-18-9;/h2-3,7H,4-6,8H2,1H3,(H,13,16)(H3,12,14,15);1H. The molecule has 0 saturated heterocycles. The number of hydrogen-bond acceptors (Lipinski definition) is 4. The molecule has 0 aromatic carbocycles. The van der Waals surface area contributed by atoms with Crippen molar-refractivity contribution in [3.63, 3.8) is 0 Å². The number of methoxy groups -OCH3 is 1. The fourth-order valence-corrected chi connectivity index (χ4v) is 1.17. The highest BCUT2D eigenvalue weighted by Gasteiger charge is 2.06. The zero-order valence-electron chi connectivity index (χ0n) is 10.7. The second kappa shape index (κ2) is 10.6. The lowest BCUT2D eigenvalue weighted by Crippen LogP contribution is -2.38. The Morgan fingerprint density at radius 3 is 2.84 bits per heavy atom. The van der Waals surface area contributed by atoms with Crippen LogP contribution in [0.5, 0.6) is 0 Å². The molecule has 1 heterocycles. The van der Waals surface area contributed by atoms with Crippen molar-refractivity contribution in [2.24, 2.45) is 10.7 Å². The Balaban J connectivity index is 0.00000324. The molecule has 0 spiro atoms. The van der Waals surface area contributed by atoms with Crippen molar-refractivity contribution in [3.05, 3.63) is 24.2 Å². The van der Waals surface area contributed by atoms with Crippen molar-refractivity contribution in [3.8, 4) is 0 Å². The van der Waals surface area contributed by atoms with E-state index in [1.807, 2.05) is 0 Å². The SMILES string of the molecule is COCCN=C(N)NCCNC(=O)c1ccco1.I. The van der Waals surface area contributed by atoms with Crippen molar-refractivity contribution in [1.29, 1.82) is 0 Å². The summed E-state index contributed by atoms with van der Waals surface area (Å²) < 4.78 is 9.78. The number of aliphatic imine (C=N–C) groups is 1. The molecule has 1 rings (SSSR count). The van der Waals surface area contributed by atoms with Crippen molar-refractivity contribution >= 4 is 35.8 Å². The number of halogens is 1. The third kappa shape index (κ3) is 7.67. The first-order chi connectivity index (χ1) is 8.74. The summed E-state index contributed by atoms with van der Waals surface area (Å²) in [6, 6.07) is 3.26. The number of amides is 1. The largest absolute Gasteiger partial charge is 0.459 e. The molecule has 0 radical (unpaired) electrons. The van der Waals surface area contributed by atoms with Crippen LogP contribution in [0.25, 0.3) is 0 Å². The maximum absolute atomic E-state index is 11.5. The van der Waals surface area contributed by atoms with Crippen LogP contribution in [0.4, 0.5) is 0 Å². The zero-order valence-corrected chi connectivity index (χ0v) is 13.0. The maximum Gasteiger partial charge on any atom is 0.287 e. The van der Waals surface area contributed by atoms with Crippen LogP contribution >= 0.6 is 24.0 Å².